The van der Waals surface area contributed by atoms with Crippen LogP contribution in [0.4, 0.5) is 0 Å². The maximum absolute atomic E-state index is 11.6. The number of nitrogens with zero attached hydrogens (tertiary/aromatic N) is 2. The second-order valence-corrected chi connectivity index (χ2v) is 5.25. The summed E-state index contributed by atoms with van der Waals surface area (Å²) in [4.78, 5) is 16.9. The molecule has 1 aromatic heterocycles. The van der Waals surface area contributed by atoms with Gasteiger partial charge in [0.15, 0.2) is 0 Å². The van der Waals surface area contributed by atoms with Gasteiger partial charge in [-0.15, -0.1) is 11.3 Å². The van der Waals surface area contributed by atoms with Gasteiger partial charge in [-0.3, -0.25) is 4.79 Å². The Kier molecular flexibility index (Phi) is 4.44. The van der Waals surface area contributed by atoms with Crippen molar-refractivity contribution < 1.29 is 4.79 Å². The number of hydrogen-bond acceptors (Lipinski definition) is 4. The number of carbonyl (C=O) groups excluding carboxylic acids is 1. The Balaban J connectivity index is 2.50. The molecular weight excluding hydrogens is 222 g/mol. The molecule has 1 aromatic rings. The summed E-state index contributed by atoms with van der Waals surface area (Å²) in [7, 11) is 0. The normalized spacial score (nSPS) is 12.2. The van der Waals surface area contributed by atoms with Gasteiger partial charge in [0, 0.05) is 11.1 Å². The van der Waals surface area contributed by atoms with Crippen molar-refractivity contribution in [1.29, 1.82) is 5.26 Å². The fourth-order valence-electron chi connectivity index (χ4n) is 1.27. The Hall–Kier alpha value is -1.41. The fraction of sp³-hybridized carbons (Fsp3) is 0.545. The van der Waals surface area contributed by atoms with E-state index >= 15 is 0 Å². The SMILES string of the molecule is Cc1cnc(CNC(=O)C(C#N)C(C)C)s1. The van der Waals surface area contributed by atoms with E-state index in [1.807, 2.05) is 26.8 Å². The van der Waals surface area contributed by atoms with Gasteiger partial charge >= 0.3 is 0 Å². The molecule has 0 saturated heterocycles. The lowest BCUT2D eigenvalue weighted by Gasteiger charge is -2.11. The smallest absolute Gasteiger partial charge is 0.237 e. The van der Waals surface area contributed by atoms with Gasteiger partial charge in [0.1, 0.15) is 10.9 Å². The number of rotatable bonds is 4. The second kappa shape index (κ2) is 5.61. The third-order valence-corrected chi connectivity index (χ3v) is 3.08. The summed E-state index contributed by atoms with van der Waals surface area (Å²) < 4.78 is 0. The number of nitriles is 1. The summed E-state index contributed by atoms with van der Waals surface area (Å²) in [6, 6.07) is 2.01. The number of thiazole rings is 1. The van der Waals surface area contributed by atoms with Crippen molar-refractivity contribution >= 4 is 17.2 Å². The van der Waals surface area contributed by atoms with E-state index in [2.05, 4.69) is 10.3 Å². The molecule has 0 aliphatic heterocycles. The van der Waals surface area contributed by atoms with E-state index in [4.69, 9.17) is 5.26 Å². The van der Waals surface area contributed by atoms with E-state index in [-0.39, 0.29) is 11.8 Å². The zero-order valence-electron chi connectivity index (χ0n) is 9.65. The molecule has 4 nitrogen and oxygen atoms in total. The van der Waals surface area contributed by atoms with Crippen molar-refractivity contribution in [1.82, 2.24) is 10.3 Å². The molecule has 0 fully saturated rings. The van der Waals surface area contributed by atoms with E-state index in [1.165, 1.54) is 0 Å². The zero-order chi connectivity index (χ0) is 12.1. The van der Waals surface area contributed by atoms with Crippen LogP contribution >= 0.6 is 11.3 Å². The lowest BCUT2D eigenvalue weighted by molar-refractivity contribution is -0.124. The minimum Gasteiger partial charge on any atom is -0.348 e. The standard InChI is InChI=1S/C11H15N3OS/c1-7(2)9(4-12)11(15)14-6-10-13-5-8(3)16-10/h5,7,9H,6H2,1-3H3,(H,14,15). The van der Waals surface area contributed by atoms with Crippen LogP contribution in [0.3, 0.4) is 0 Å². The van der Waals surface area contributed by atoms with Gasteiger partial charge in [-0.1, -0.05) is 13.8 Å². The minimum atomic E-state index is -0.582. The maximum Gasteiger partial charge on any atom is 0.237 e. The molecule has 0 saturated carbocycles. The van der Waals surface area contributed by atoms with Crippen molar-refractivity contribution in [2.75, 3.05) is 0 Å². The molecule has 0 aromatic carbocycles. The fourth-order valence-corrected chi connectivity index (χ4v) is 1.99. The average Bonchev–Trinajstić information content (AvgIpc) is 2.62. The highest BCUT2D eigenvalue weighted by atomic mass is 32.1. The number of amides is 1. The maximum atomic E-state index is 11.6. The Morgan fingerprint density at radius 2 is 2.38 bits per heavy atom. The van der Waals surface area contributed by atoms with Gasteiger partial charge in [-0.25, -0.2) is 4.98 Å². The third kappa shape index (κ3) is 3.31. The number of nitrogens with one attached hydrogen (secondary N) is 1. The number of carbonyl (C=O) groups is 1. The van der Waals surface area contributed by atoms with Gasteiger partial charge in [-0.05, 0) is 12.8 Å². The summed E-state index contributed by atoms with van der Waals surface area (Å²) >= 11 is 1.55. The van der Waals surface area contributed by atoms with Crippen LogP contribution < -0.4 is 5.32 Å². The summed E-state index contributed by atoms with van der Waals surface area (Å²) in [6.45, 7) is 6.10. The molecule has 1 N–H and O–H groups in total. The minimum absolute atomic E-state index is 0.0306. The predicted octanol–water partition coefficient (Wildman–Crippen LogP) is 1.86. The van der Waals surface area contributed by atoms with Crippen molar-refractivity contribution in [3.05, 3.63) is 16.1 Å². The van der Waals surface area contributed by atoms with Crippen LogP contribution in [-0.2, 0) is 11.3 Å². The summed E-state index contributed by atoms with van der Waals surface area (Å²) in [6.07, 6.45) is 1.77. The molecule has 1 atom stereocenters. The topological polar surface area (TPSA) is 65.8 Å². The first kappa shape index (κ1) is 12.7. The molecule has 0 bridgehead atoms. The van der Waals surface area contributed by atoms with Crippen molar-refractivity contribution in [3.63, 3.8) is 0 Å². The summed E-state index contributed by atoms with van der Waals surface area (Å²) in [5.74, 6) is -0.769. The first-order valence-corrected chi connectivity index (χ1v) is 5.95. The molecule has 16 heavy (non-hydrogen) atoms. The van der Waals surface area contributed by atoms with E-state index in [9.17, 15) is 4.79 Å². The first-order chi connectivity index (χ1) is 7.54. The zero-order valence-corrected chi connectivity index (χ0v) is 10.5. The van der Waals surface area contributed by atoms with E-state index in [1.54, 1.807) is 17.5 Å². The van der Waals surface area contributed by atoms with E-state index in [0.717, 1.165) is 9.88 Å². The van der Waals surface area contributed by atoms with Gasteiger partial charge in [0.2, 0.25) is 5.91 Å². The van der Waals surface area contributed by atoms with E-state index < -0.39 is 5.92 Å². The predicted molar refractivity (Wildman–Crippen MR) is 62.6 cm³/mol. The number of hydrogen-bond donors (Lipinski definition) is 1. The Labute approximate surface area is 99.3 Å². The number of aryl methyl sites for hydroxylation is 1. The van der Waals surface area contributed by atoms with Crippen LogP contribution in [0.1, 0.15) is 23.7 Å². The third-order valence-electron chi connectivity index (χ3n) is 2.17. The van der Waals surface area contributed by atoms with Crippen LogP contribution in [-0.4, -0.2) is 10.9 Å². The highest BCUT2D eigenvalue weighted by Crippen LogP contribution is 2.12. The molecule has 86 valence electrons. The second-order valence-electron chi connectivity index (χ2n) is 3.93. The monoisotopic (exact) mass is 237 g/mol. The lowest BCUT2D eigenvalue weighted by atomic mass is 9.97. The van der Waals surface area contributed by atoms with Gasteiger partial charge < -0.3 is 5.32 Å². The molecule has 0 aliphatic rings. The van der Waals surface area contributed by atoms with Crippen LogP contribution in [0.15, 0.2) is 6.20 Å². The van der Waals surface area contributed by atoms with Crippen LogP contribution in [0.2, 0.25) is 0 Å². The van der Waals surface area contributed by atoms with Gasteiger partial charge in [0.05, 0.1) is 12.6 Å². The molecular formula is C11H15N3OS. The highest BCUT2D eigenvalue weighted by Gasteiger charge is 2.21. The Morgan fingerprint density at radius 1 is 1.69 bits per heavy atom. The highest BCUT2D eigenvalue weighted by molar-refractivity contribution is 7.11. The van der Waals surface area contributed by atoms with Crippen LogP contribution in [0.25, 0.3) is 0 Å². The van der Waals surface area contributed by atoms with Crippen molar-refractivity contribution in [3.8, 4) is 6.07 Å². The van der Waals surface area contributed by atoms with Gasteiger partial charge in [-0.2, -0.15) is 5.26 Å². The lowest BCUT2D eigenvalue weighted by Crippen LogP contribution is -2.32. The Bertz CT molecular complexity index is 406. The summed E-state index contributed by atoms with van der Waals surface area (Å²) in [5, 5.41) is 12.4. The summed E-state index contributed by atoms with van der Waals surface area (Å²) in [5.41, 5.74) is 0. The van der Waals surface area contributed by atoms with Gasteiger partial charge in [0.25, 0.3) is 0 Å². The largest absolute Gasteiger partial charge is 0.348 e. The molecule has 1 amide bonds. The molecule has 0 aliphatic carbocycles. The van der Waals surface area contributed by atoms with E-state index in [0.29, 0.717) is 6.54 Å². The molecule has 1 heterocycles. The molecule has 1 unspecified atom stereocenters. The first-order valence-electron chi connectivity index (χ1n) is 5.13. The van der Waals surface area contributed by atoms with Crippen LogP contribution in [0, 0.1) is 30.1 Å². The number of aromatic nitrogens is 1. The molecule has 1 rings (SSSR count). The molecule has 0 spiro atoms. The van der Waals surface area contributed by atoms with Crippen LogP contribution in [0.5, 0.6) is 0 Å². The Morgan fingerprint density at radius 3 is 2.81 bits per heavy atom. The quantitative estimate of drug-likeness (QED) is 0.869. The molecule has 0 radical (unpaired) electrons. The average molecular weight is 237 g/mol. The molecule has 5 heteroatoms. The van der Waals surface area contributed by atoms with Crippen molar-refractivity contribution in [2.24, 2.45) is 11.8 Å². The van der Waals surface area contributed by atoms with Crippen molar-refractivity contribution in [2.45, 2.75) is 27.3 Å².